The number of hydrogen-bond donors (Lipinski definition) is 0. The zero-order chi connectivity index (χ0) is 26.6. The fourth-order valence-electron chi connectivity index (χ4n) is 5.71. The molecular weight excluding hydrogens is 502 g/mol. The van der Waals surface area contributed by atoms with Crippen LogP contribution in [0.1, 0.15) is 28.3 Å². The second-order valence-corrected chi connectivity index (χ2v) is 11.0. The molecule has 0 bridgehead atoms. The van der Waals surface area contributed by atoms with E-state index in [-0.39, 0.29) is 11.8 Å². The van der Waals surface area contributed by atoms with Crippen LogP contribution < -0.4 is 9.64 Å². The zero-order valence-corrected chi connectivity index (χ0v) is 23.0. The lowest BCUT2D eigenvalue weighted by atomic mass is 9.93. The summed E-state index contributed by atoms with van der Waals surface area (Å²) in [6, 6.07) is 31.5. The molecule has 5 aromatic rings. The van der Waals surface area contributed by atoms with Crippen LogP contribution in [-0.4, -0.2) is 48.7 Å². The molecule has 2 aromatic heterocycles. The van der Waals surface area contributed by atoms with Gasteiger partial charge in [0.15, 0.2) is 0 Å². The van der Waals surface area contributed by atoms with Gasteiger partial charge in [-0.1, -0.05) is 66.7 Å². The van der Waals surface area contributed by atoms with Gasteiger partial charge in [-0.2, -0.15) is 0 Å². The summed E-state index contributed by atoms with van der Waals surface area (Å²) < 4.78 is 7.90. The van der Waals surface area contributed by atoms with Gasteiger partial charge in [-0.3, -0.25) is 4.79 Å². The summed E-state index contributed by atoms with van der Waals surface area (Å²) in [7, 11) is 1.71. The zero-order valence-electron chi connectivity index (χ0n) is 22.2. The molecule has 3 aromatic carbocycles. The number of amides is 1. The van der Waals surface area contributed by atoms with Crippen molar-refractivity contribution in [3.8, 4) is 5.75 Å². The van der Waals surface area contributed by atoms with E-state index < -0.39 is 0 Å². The fourth-order valence-corrected chi connectivity index (χ4v) is 6.55. The average molecular weight is 536 g/mol. The van der Waals surface area contributed by atoms with Gasteiger partial charge in [0, 0.05) is 67.0 Å². The van der Waals surface area contributed by atoms with E-state index in [9.17, 15) is 4.79 Å². The van der Waals surface area contributed by atoms with Crippen LogP contribution in [0.15, 0.2) is 103 Å². The second-order valence-electron chi connectivity index (χ2n) is 10.0. The van der Waals surface area contributed by atoms with Crippen molar-refractivity contribution >= 4 is 33.8 Å². The van der Waals surface area contributed by atoms with E-state index in [1.165, 1.54) is 26.9 Å². The van der Waals surface area contributed by atoms with Gasteiger partial charge in [-0.05, 0) is 40.8 Å². The number of ether oxygens (including phenoxy) is 1. The number of hydrogen-bond acceptors (Lipinski definition) is 4. The van der Waals surface area contributed by atoms with E-state index in [4.69, 9.17) is 4.74 Å². The van der Waals surface area contributed by atoms with Gasteiger partial charge in [0.05, 0.1) is 12.8 Å². The Kier molecular flexibility index (Phi) is 7.37. The molecule has 6 rings (SSSR count). The summed E-state index contributed by atoms with van der Waals surface area (Å²) in [5.74, 6) is 1.11. The molecule has 0 spiro atoms. The fraction of sp³-hybridized carbons (Fsp3) is 0.242. The second kappa shape index (κ2) is 11.4. The number of aromatic nitrogens is 1. The summed E-state index contributed by atoms with van der Waals surface area (Å²) >= 11 is 1.74. The summed E-state index contributed by atoms with van der Waals surface area (Å²) in [6.45, 7) is 3.82. The van der Waals surface area contributed by atoms with Gasteiger partial charge in [0.25, 0.3) is 0 Å². The van der Waals surface area contributed by atoms with E-state index in [0.717, 1.165) is 31.1 Å². The van der Waals surface area contributed by atoms with Gasteiger partial charge >= 0.3 is 0 Å². The Morgan fingerprint density at radius 2 is 1.62 bits per heavy atom. The highest BCUT2D eigenvalue weighted by atomic mass is 32.1. The number of fused-ring (bicyclic) bond motifs is 1. The smallest absolute Gasteiger partial charge is 0.223 e. The Hall–Kier alpha value is -4.03. The van der Waals surface area contributed by atoms with Crippen molar-refractivity contribution in [2.75, 3.05) is 38.2 Å². The minimum Gasteiger partial charge on any atom is -0.495 e. The van der Waals surface area contributed by atoms with Crippen molar-refractivity contribution in [2.45, 2.75) is 18.9 Å². The molecule has 1 aliphatic heterocycles. The highest BCUT2D eigenvalue weighted by Gasteiger charge is 2.28. The van der Waals surface area contributed by atoms with Crippen LogP contribution in [0.5, 0.6) is 5.75 Å². The van der Waals surface area contributed by atoms with Crippen LogP contribution in [0.25, 0.3) is 10.9 Å². The third kappa shape index (κ3) is 5.30. The monoisotopic (exact) mass is 535 g/mol. The van der Waals surface area contributed by atoms with Gasteiger partial charge in [0.2, 0.25) is 5.91 Å². The maximum absolute atomic E-state index is 13.8. The van der Waals surface area contributed by atoms with Crippen LogP contribution in [-0.2, 0) is 11.3 Å². The van der Waals surface area contributed by atoms with Crippen LogP contribution in [0, 0.1) is 0 Å². The molecule has 1 fully saturated rings. The minimum absolute atomic E-state index is 0.0201. The summed E-state index contributed by atoms with van der Waals surface area (Å²) in [4.78, 5) is 19.3. The van der Waals surface area contributed by atoms with E-state index >= 15 is 0 Å². The Balaban J connectivity index is 1.24. The molecule has 0 N–H and O–H groups in total. The van der Waals surface area contributed by atoms with E-state index in [1.807, 2.05) is 23.1 Å². The van der Waals surface area contributed by atoms with Crippen molar-refractivity contribution in [2.24, 2.45) is 0 Å². The Bertz CT molecular complexity index is 1540. The Morgan fingerprint density at radius 1 is 0.872 bits per heavy atom. The molecule has 1 aliphatic rings. The molecule has 0 radical (unpaired) electrons. The van der Waals surface area contributed by atoms with Crippen LogP contribution in [0.4, 0.5) is 5.69 Å². The lowest BCUT2D eigenvalue weighted by Gasteiger charge is -2.37. The van der Waals surface area contributed by atoms with Crippen molar-refractivity contribution in [1.82, 2.24) is 9.47 Å². The molecule has 0 aliphatic carbocycles. The highest BCUT2D eigenvalue weighted by molar-refractivity contribution is 7.10. The third-order valence-corrected chi connectivity index (χ3v) is 8.70. The average Bonchev–Trinajstić information content (AvgIpc) is 3.66. The third-order valence-electron chi connectivity index (χ3n) is 7.71. The minimum atomic E-state index is 0.0201. The van der Waals surface area contributed by atoms with Crippen molar-refractivity contribution in [3.63, 3.8) is 0 Å². The number of carbonyl (C=O) groups is 1. The van der Waals surface area contributed by atoms with Crippen molar-refractivity contribution in [1.29, 1.82) is 0 Å². The first-order valence-corrected chi connectivity index (χ1v) is 14.4. The van der Waals surface area contributed by atoms with Gasteiger partial charge < -0.3 is 19.1 Å². The largest absolute Gasteiger partial charge is 0.495 e. The molecular formula is C33H33N3O2S. The summed E-state index contributed by atoms with van der Waals surface area (Å²) in [5, 5.41) is 3.34. The number of rotatable bonds is 8. The molecule has 0 unspecified atom stereocenters. The van der Waals surface area contributed by atoms with Gasteiger partial charge in [-0.25, -0.2) is 0 Å². The molecule has 1 saturated heterocycles. The predicted octanol–water partition coefficient (Wildman–Crippen LogP) is 6.63. The number of para-hydroxylation sites is 3. The Labute approximate surface area is 233 Å². The van der Waals surface area contributed by atoms with Crippen LogP contribution in [0.2, 0.25) is 0 Å². The quantitative estimate of drug-likeness (QED) is 0.224. The molecule has 6 heteroatoms. The van der Waals surface area contributed by atoms with E-state index in [1.54, 1.807) is 18.4 Å². The predicted molar refractivity (Wildman–Crippen MR) is 160 cm³/mol. The summed E-state index contributed by atoms with van der Waals surface area (Å²) in [6.07, 6.45) is 2.74. The highest BCUT2D eigenvalue weighted by Crippen LogP contribution is 2.38. The number of benzene rings is 3. The Morgan fingerprint density at radius 3 is 2.38 bits per heavy atom. The maximum Gasteiger partial charge on any atom is 0.223 e. The molecule has 0 saturated carbocycles. The molecule has 3 heterocycles. The van der Waals surface area contributed by atoms with Crippen molar-refractivity contribution < 1.29 is 9.53 Å². The first kappa shape index (κ1) is 25.3. The van der Waals surface area contributed by atoms with E-state index in [2.05, 4.69) is 93.8 Å². The number of nitrogens with zero attached hydrogens (tertiary/aromatic N) is 3. The lowest BCUT2D eigenvalue weighted by Crippen LogP contribution is -2.49. The molecule has 1 amide bonds. The first-order chi connectivity index (χ1) is 19.2. The SMILES string of the molecule is COc1ccccc1N1CCN(C(=O)C[C@H](c2cccs2)c2cn(Cc3ccccc3)c3ccccc23)CC1. The molecule has 39 heavy (non-hydrogen) atoms. The number of thiophene rings is 1. The number of anilines is 1. The molecule has 1 atom stereocenters. The summed E-state index contributed by atoms with van der Waals surface area (Å²) in [5.41, 5.74) is 4.79. The number of piperazine rings is 1. The maximum atomic E-state index is 13.8. The van der Waals surface area contributed by atoms with Crippen LogP contribution in [0.3, 0.4) is 0 Å². The lowest BCUT2D eigenvalue weighted by molar-refractivity contribution is -0.131. The van der Waals surface area contributed by atoms with Crippen LogP contribution >= 0.6 is 11.3 Å². The van der Waals surface area contributed by atoms with Crippen molar-refractivity contribution in [3.05, 3.63) is 119 Å². The normalized spacial score (nSPS) is 14.5. The van der Waals surface area contributed by atoms with E-state index in [0.29, 0.717) is 19.5 Å². The standard InChI is InChI=1S/C33H33N3O2S/c1-38-31-15-8-7-14-30(31)34-17-19-35(20-18-34)33(37)22-27(32-16-9-21-39-32)28-24-36(23-25-10-3-2-4-11-25)29-13-6-5-12-26(28)29/h2-16,21,24,27H,17-20,22-23H2,1H3/t27-/m0/s1. The number of methoxy groups -OCH3 is 1. The molecule has 198 valence electrons. The number of carbonyl (C=O) groups excluding carboxylic acids is 1. The van der Waals surface area contributed by atoms with Gasteiger partial charge in [0.1, 0.15) is 5.75 Å². The first-order valence-electron chi connectivity index (χ1n) is 13.5. The topological polar surface area (TPSA) is 37.7 Å². The molecule has 5 nitrogen and oxygen atoms in total. The van der Waals surface area contributed by atoms with Gasteiger partial charge in [-0.15, -0.1) is 11.3 Å².